The molecular weight excluding hydrogens is 440 g/mol. The highest BCUT2D eigenvalue weighted by Crippen LogP contribution is 2.31. The number of nitrogens with zero attached hydrogens (tertiary/aromatic N) is 4. The van der Waals surface area contributed by atoms with Crippen LogP contribution in [0.4, 0.5) is 0 Å². The lowest BCUT2D eigenvalue weighted by molar-refractivity contribution is 0.205. The molecule has 0 amide bonds. The van der Waals surface area contributed by atoms with E-state index in [0.29, 0.717) is 17.5 Å². The molecule has 8 heteroatoms. The summed E-state index contributed by atoms with van der Waals surface area (Å²) in [5.41, 5.74) is 1.93. The Labute approximate surface area is 196 Å². The van der Waals surface area contributed by atoms with Crippen LogP contribution in [0.1, 0.15) is 31.6 Å². The van der Waals surface area contributed by atoms with Crippen molar-refractivity contribution in [1.29, 1.82) is 0 Å². The van der Waals surface area contributed by atoms with E-state index in [4.69, 9.17) is 9.15 Å². The van der Waals surface area contributed by atoms with Gasteiger partial charge in [0.05, 0.1) is 22.6 Å². The number of fused-ring (bicyclic) bond motifs is 1. The molecule has 0 unspecified atom stereocenters. The molecule has 4 aromatic rings. The first-order valence-corrected chi connectivity index (χ1v) is 12.9. The maximum absolute atomic E-state index is 5.90. The molecule has 2 aromatic heterocycles. The number of ether oxygens (including phenoxy) is 1. The quantitative estimate of drug-likeness (QED) is 0.225. The predicted molar refractivity (Wildman–Crippen MR) is 129 cm³/mol. The molecule has 32 heavy (non-hydrogen) atoms. The fourth-order valence-electron chi connectivity index (χ4n) is 3.82. The van der Waals surface area contributed by atoms with Crippen molar-refractivity contribution in [2.75, 3.05) is 26.2 Å². The number of aromatic nitrogens is 3. The predicted octanol–water partition coefficient (Wildman–Crippen LogP) is 5.89. The second-order valence-electron chi connectivity index (χ2n) is 7.87. The Hall–Kier alpha value is -2.42. The van der Waals surface area contributed by atoms with Crippen molar-refractivity contribution in [3.05, 3.63) is 54.4 Å². The molecular formula is C24H26N4O2S2. The second kappa shape index (κ2) is 10.5. The van der Waals surface area contributed by atoms with Crippen molar-refractivity contribution in [3.8, 4) is 17.2 Å². The van der Waals surface area contributed by atoms with Crippen molar-refractivity contribution in [2.45, 2.75) is 35.8 Å². The molecule has 0 bridgehead atoms. The number of para-hydroxylation sites is 1. The molecule has 0 atom stereocenters. The maximum atomic E-state index is 5.90. The average molecular weight is 467 g/mol. The summed E-state index contributed by atoms with van der Waals surface area (Å²) in [5, 5.41) is 8.40. The van der Waals surface area contributed by atoms with E-state index < -0.39 is 0 Å². The van der Waals surface area contributed by atoms with Crippen molar-refractivity contribution < 1.29 is 9.15 Å². The third-order valence-electron chi connectivity index (χ3n) is 5.50. The molecule has 1 fully saturated rings. The van der Waals surface area contributed by atoms with Gasteiger partial charge in [-0.3, -0.25) is 0 Å². The van der Waals surface area contributed by atoms with Crippen LogP contribution in [0, 0.1) is 0 Å². The number of thioether (sulfide) groups is 1. The zero-order valence-electron chi connectivity index (χ0n) is 17.9. The van der Waals surface area contributed by atoms with Gasteiger partial charge in [0.1, 0.15) is 5.75 Å². The Balaban J connectivity index is 1.10. The van der Waals surface area contributed by atoms with Gasteiger partial charge in [0.15, 0.2) is 4.34 Å². The van der Waals surface area contributed by atoms with E-state index in [1.807, 2.05) is 42.5 Å². The summed E-state index contributed by atoms with van der Waals surface area (Å²) in [6, 6.07) is 16.0. The Kier molecular flexibility index (Phi) is 7.01. The van der Waals surface area contributed by atoms with Gasteiger partial charge in [-0.15, -0.1) is 21.5 Å². The molecule has 0 radical (unpaired) electrons. The summed E-state index contributed by atoms with van der Waals surface area (Å²) in [7, 11) is 0. The summed E-state index contributed by atoms with van der Waals surface area (Å²) in [4.78, 5) is 7.17. The van der Waals surface area contributed by atoms with Gasteiger partial charge in [-0.05, 0) is 68.8 Å². The van der Waals surface area contributed by atoms with Crippen LogP contribution in [-0.4, -0.2) is 46.3 Å². The number of thiazole rings is 1. The molecule has 3 heterocycles. The van der Waals surface area contributed by atoms with Gasteiger partial charge in [0.25, 0.3) is 0 Å². The fourth-order valence-corrected chi connectivity index (χ4v) is 5.73. The van der Waals surface area contributed by atoms with E-state index in [2.05, 4.69) is 26.1 Å². The van der Waals surface area contributed by atoms with Crippen LogP contribution in [0.15, 0.2) is 57.3 Å². The van der Waals surface area contributed by atoms with Crippen molar-refractivity contribution in [3.63, 3.8) is 0 Å². The van der Waals surface area contributed by atoms with Gasteiger partial charge in [0.2, 0.25) is 11.8 Å². The van der Waals surface area contributed by atoms with E-state index in [-0.39, 0.29) is 0 Å². The van der Waals surface area contributed by atoms with Gasteiger partial charge in [-0.2, -0.15) is 0 Å². The lowest BCUT2D eigenvalue weighted by atomic mass is 10.1. The SMILES string of the molecule is c1ccc2sc(SCc3nnc(-c4ccc(OCCCN5CCCCC5)cc4)o3)nc2c1. The summed E-state index contributed by atoms with van der Waals surface area (Å²) in [6.45, 7) is 4.33. The number of benzene rings is 2. The summed E-state index contributed by atoms with van der Waals surface area (Å²) >= 11 is 3.30. The van der Waals surface area contributed by atoms with E-state index in [0.717, 1.165) is 40.7 Å². The van der Waals surface area contributed by atoms with Crippen LogP contribution in [-0.2, 0) is 5.75 Å². The molecule has 1 aliphatic heterocycles. The Morgan fingerprint density at radius 3 is 2.69 bits per heavy atom. The Morgan fingerprint density at radius 2 is 1.84 bits per heavy atom. The zero-order chi connectivity index (χ0) is 21.6. The molecule has 5 rings (SSSR count). The third-order valence-corrected chi connectivity index (χ3v) is 7.66. The minimum Gasteiger partial charge on any atom is -0.494 e. The smallest absolute Gasteiger partial charge is 0.247 e. The van der Waals surface area contributed by atoms with Gasteiger partial charge < -0.3 is 14.1 Å². The highest BCUT2D eigenvalue weighted by atomic mass is 32.2. The Morgan fingerprint density at radius 1 is 1.00 bits per heavy atom. The largest absolute Gasteiger partial charge is 0.494 e. The first-order valence-electron chi connectivity index (χ1n) is 11.1. The van der Waals surface area contributed by atoms with Crippen LogP contribution in [0.5, 0.6) is 5.75 Å². The highest BCUT2D eigenvalue weighted by molar-refractivity contribution is 8.00. The van der Waals surface area contributed by atoms with Gasteiger partial charge in [0, 0.05) is 12.1 Å². The number of rotatable bonds is 9. The molecule has 0 aliphatic carbocycles. The number of hydrogen-bond acceptors (Lipinski definition) is 8. The standard InChI is InChI=1S/C24H26N4O2S2/c1-4-13-28(14-5-1)15-6-16-29-19-11-9-18(10-12-19)23-27-26-22(30-23)17-31-24-25-20-7-2-3-8-21(20)32-24/h2-3,7-12H,1,4-6,13-17H2. The molecule has 0 spiro atoms. The second-order valence-corrected chi connectivity index (χ2v) is 10.1. The first-order chi connectivity index (χ1) is 15.8. The topological polar surface area (TPSA) is 64.3 Å². The summed E-state index contributed by atoms with van der Waals surface area (Å²) < 4.78 is 14.0. The minimum atomic E-state index is 0.529. The first kappa shape index (κ1) is 21.4. The van der Waals surface area contributed by atoms with E-state index >= 15 is 0 Å². The lowest BCUT2D eigenvalue weighted by Gasteiger charge is -2.26. The van der Waals surface area contributed by atoms with Gasteiger partial charge in [-0.1, -0.05) is 30.3 Å². The van der Waals surface area contributed by atoms with Crippen molar-refractivity contribution >= 4 is 33.3 Å². The third kappa shape index (κ3) is 5.49. The normalized spacial score (nSPS) is 14.8. The van der Waals surface area contributed by atoms with Crippen molar-refractivity contribution in [2.24, 2.45) is 0 Å². The molecule has 2 aromatic carbocycles. The molecule has 0 N–H and O–H groups in total. The van der Waals surface area contributed by atoms with E-state index in [1.165, 1.54) is 37.1 Å². The molecule has 6 nitrogen and oxygen atoms in total. The van der Waals surface area contributed by atoms with E-state index in [9.17, 15) is 0 Å². The lowest BCUT2D eigenvalue weighted by Crippen LogP contribution is -2.31. The average Bonchev–Trinajstić information content (AvgIpc) is 3.48. The monoisotopic (exact) mass is 466 g/mol. The Bertz CT molecular complexity index is 1100. The summed E-state index contributed by atoms with van der Waals surface area (Å²) in [6.07, 6.45) is 5.10. The molecule has 0 saturated carbocycles. The maximum Gasteiger partial charge on any atom is 0.247 e. The van der Waals surface area contributed by atoms with Gasteiger partial charge >= 0.3 is 0 Å². The van der Waals surface area contributed by atoms with Gasteiger partial charge in [-0.25, -0.2) is 4.98 Å². The molecule has 166 valence electrons. The molecule has 1 aliphatic rings. The minimum absolute atomic E-state index is 0.529. The number of piperidine rings is 1. The van der Waals surface area contributed by atoms with Crippen LogP contribution >= 0.6 is 23.1 Å². The van der Waals surface area contributed by atoms with Crippen LogP contribution in [0.2, 0.25) is 0 Å². The van der Waals surface area contributed by atoms with Crippen molar-refractivity contribution in [1.82, 2.24) is 20.1 Å². The number of hydrogen-bond donors (Lipinski definition) is 0. The highest BCUT2D eigenvalue weighted by Gasteiger charge is 2.12. The fraction of sp³-hybridized carbons (Fsp3) is 0.375. The zero-order valence-corrected chi connectivity index (χ0v) is 19.5. The summed E-state index contributed by atoms with van der Waals surface area (Å²) in [5.74, 6) is 2.60. The van der Waals surface area contributed by atoms with E-state index in [1.54, 1.807) is 23.1 Å². The van der Waals surface area contributed by atoms with Crippen LogP contribution in [0.25, 0.3) is 21.7 Å². The van der Waals surface area contributed by atoms with Crippen LogP contribution in [0.3, 0.4) is 0 Å². The van der Waals surface area contributed by atoms with Crippen LogP contribution < -0.4 is 4.74 Å². The number of likely N-dealkylation sites (tertiary alicyclic amines) is 1. The molecule has 1 saturated heterocycles.